The molecule has 3 aromatic rings. The van der Waals surface area contributed by atoms with Crippen LogP contribution >= 0.6 is 27.5 Å². The number of amides is 1. The maximum Gasteiger partial charge on any atom is 0.416 e. The SMILES string of the molecule is O=C(Cn1ccc(=O)c2cc(Br)ccc21)Nc1cc(C(F)(F)F)ccc1Cl. The van der Waals surface area contributed by atoms with Crippen molar-refractivity contribution in [2.45, 2.75) is 12.7 Å². The maximum absolute atomic E-state index is 12.8. The topological polar surface area (TPSA) is 51.1 Å². The van der Waals surface area contributed by atoms with Crippen LogP contribution in [0, 0.1) is 0 Å². The molecule has 27 heavy (non-hydrogen) atoms. The van der Waals surface area contributed by atoms with Gasteiger partial charge in [0.25, 0.3) is 0 Å². The molecule has 1 heterocycles. The molecule has 0 spiro atoms. The van der Waals surface area contributed by atoms with Crippen LogP contribution in [0.5, 0.6) is 0 Å². The lowest BCUT2D eigenvalue weighted by Crippen LogP contribution is -2.21. The van der Waals surface area contributed by atoms with E-state index in [1.54, 1.807) is 18.2 Å². The summed E-state index contributed by atoms with van der Waals surface area (Å²) in [5, 5.41) is 2.79. The lowest BCUT2D eigenvalue weighted by Gasteiger charge is -2.14. The highest BCUT2D eigenvalue weighted by molar-refractivity contribution is 9.10. The molecule has 4 nitrogen and oxygen atoms in total. The summed E-state index contributed by atoms with van der Waals surface area (Å²) < 4.78 is 40.7. The van der Waals surface area contributed by atoms with Crippen LogP contribution in [-0.4, -0.2) is 10.5 Å². The Morgan fingerprint density at radius 3 is 2.59 bits per heavy atom. The van der Waals surface area contributed by atoms with Crippen LogP contribution in [-0.2, 0) is 17.5 Å². The number of pyridine rings is 1. The molecule has 0 radical (unpaired) electrons. The zero-order valence-corrected chi connectivity index (χ0v) is 15.8. The van der Waals surface area contributed by atoms with Crippen LogP contribution < -0.4 is 10.7 Å². The first-order valence-corrected chi connectivity index (χ1v) is 8.77. The average Bonchev–Trinajstić information content (AvgIpc) is 2.58. The van der Waals surface area contributed by atoms with Gasteiger partial charge in [-0.2, -0.15) is 13.2 Å². The lowest BCUT2D eigenvalue weighted by molar-refractivity contribution is -0.137. The molecule has 3 rings (SSSR count). The molecule has 0 aliphatic carbocycles. The Labute approximate surface area is 164 Å². The van der Waals surface area contributed by atoms with E-state index in [1.807, 2.05) is 0 Å². The van der Waals surface area contributed by atoms with Gasteiger partial charge in [0, 0.05) is 22.1 Å². The zero-order valence-electron chi connectivity index (χ0n) is 13.5. The van der Waals surface area contributed by atoms with E-state index in [4.69, 9.17) is 11.6 Å². The van der Waals surface area contributed by atoms with Crippen LogP contribution in [0.3, 0.4) is 0 Å². The predicted octanol–water partition coefficient (Wildman–Crippen LogP) is 5.07. The average molecular weight is 460 g/mol. The lowest BCUT2D eigenvalue weighted by atomic mass is 10.2. The molecule has 0 atom stereocenters. The van der Waals surface area contributed by atoms with E-state index >= 15 is 0 Å². The molecule has 1 N–H and O–H groups in total. The Morgan fingerprint density at radius 2 is 1.89 bits per heavy atom. The van der Waals surface area contributed by atoms with Gasteiger partial charge in [-0.05, 0) is 36.4 Å². The summed E-state index contributed by atoms with van der Waals surface area (Å²) in [4.78, 5) is 24.3. The van der Waals surface area contributed by atoms with Crippen LogP contribution in [0.25, 0.3) is 10.9 Å². The second kappa shape index (κ2) is 7.36. The molecule has 0 bridgehead atoms. The molecular weight excluding hydrogens is 449 g/mol. The molecule has 0 saturated heterocycles. The third kappa shape index (κ3) is 4.33. The van der Waals surface area contributed by atoms with Crippen molar-refractivity contribution >= 4 is 50.0 Å². The fourth-order valence-corrected chi connectivity index (χ4v) is 3.09. The molecule has 0 saturated carbocycles. The second-order valence-corrected chi connectivity index (χ2v) is 7.03. The Hall–Kier alpha value is -2.32. The molecule has 2 aromatic carbocycles. The minimum Gasteiger partial charge on any atom is -0.338 e. The van der Waals surface area contributed by atoms with Gasteiger partial charge in [0.15, 0.2) is 5.43 Å². The van der Waals surface area contributed by atoms with Crippen LogP contribution in [0.1, 0.15) is 5.56 Å². The van der Waals surface area contributed by atoms with E-state index in [2.05, 4.69) is 21.2 Å². The van der Waals surface area contributed by atoms with Crippen LogP contribution in [0.4, 0.5) is 18.9 Å². The number of carbonyl (C=O) groups excluding carboxylic acids is 1. The van der Waals surface area contributed by atoms with Gasteiger partial charge >= 0.3 is 6.18 Å². The molecule has 0 unspecified atom stereocenters. The number of nitrogens with zero attached hydrogens (tertiary/aromatic N) is 1. The summed E-state index contributed by atoms with van der Waals surface area (Å²) in [6.45, 7) is -0.203. The first-order chi connectivity index (χ1) is 12.6. The number of fused-ring (bicyclic) bond motifs is 1. The number of rotatable bonds is 3. The summed E-state index contributed by atoms with van der Waals surface area (Å²) in [6, 6.07) is 9.04. The van der Waals surface area contributed by atoms with Crippen molar-refractivity contribution < 1.29 is 18.0 Å². The van der Waals surface area contributed by atoms with E-state index in [-0.39, 0.29) is 22.7 Å². The van der Waals surface area contributed by atoms with Crippen molar-refractivity contribution in [1.82, 2.24) is 4.57 Å². The molecule has 1 aromatic heterocycles. The predicted molar refractivity (Wildman–Crippen MR) is 101 cm³/mol. The third-order valence-corrected chi connectivity index (χ3v) is 4.64. The molecule has 9 heteroatoms. The van der Waals surface area contributed by atoms with E-state index < -0.39 is 17.6 Å². The highest BCUT2D eigenvalue weighted by Gasteiger charge is 2.31. The summed E-state index contributed by atoms with van der Waals surface area (Å²) in [7, 11) is 0. The zero-order chi connectivity index (χ0) is 19.8. The van der Waals surface area contributed by atoms with E-state index in [0.717, 1.165) is 18.2 Å². The Bertz CT molecular complexity index is 1100. The normalized spacial score (nSPS) is 11.6. The minimum absolute atomic E-state index is 0.00922. The fourth-order valence-electron chi connectivity index (χ4n) is 2.56. The first-order valence-electron chi connectivity index (χ1n) is 7.60. The van der Waals surface area contributed by atoms with Gasteiger partial charge in [0.05, 0.1) is 21.8 Å². The third-order valence-electron chi connectivity index (χ3n) is 3.82. The molecule has 0 aliphatic heterocycles. The number of hydrogen-bond donors (Lipinski definition) is 1. The van der Waals surface area contributed by atoms with Gasteiger partial charge in [-0.25, -0.2) is 0 Å². The highest BCUT2D eigenvalue weighted by atomic mass is 79.9. The Balaban J connectivity index is 1.88. The highest BCUT2D eigenvalue weighted by Crippen LogP contribution is 2.33. The van der Waals surface area contributed by atoms with Crippen molar-refractivity contribution in [3.63, 3.8) is 0 Å². The van der Waals surface area contributed by atoms with Gasteiger partial charge in [-0.3, -0.25) is 9.59 Å². The van der Waals surface area contributed by atoms with Gasteiger partial charge in [0.2, 0.25) is 5.91 Å². The largest absolute Gasteiger partial charge is 0.416 e. The van der Waals surface area contributed by atoms with Crippen LogP contribution in [0.2, 0.25) is 5.02 Å². The van der Waals surface area contributed by atoms with Crippen molar-refractivity contribution in [3.05, 3.63) is 73.9 Å². The van der Waals surface area contributed by atoms with E-state index in [9.17, 15) is 22.8 Å². The van der Waals surface area contributed by atoms with Crippen LogP contribution in [0.15, 0.2) is 57.9 Å². The quantitative estimate of drug-likeness (QED) is 0.594. The number of nitrogens with one attached hydrogen (secondary N) is 1. The van der Waals surface area contributed by atoms with E-state index in [1.165, 1.54) is 16.8 Å². The van der Waals surface area contributed by atoms with Gasteiger partial charge in [0.1, 0.15) is 6.54 Å². The molecule has 0 fully saturated rings. The second-order valence-electron chi connectivity index (χ2n) is 5.71. The smallest absolute Gasteiger partial charge is 0.338 e. The molecular formula is C18H11BrClF3N2O2. The summed E-state index contributed by atoms with van der Waals surface area (Å²) in [6.07, 6.45) is -3.10. The minimum atomic E-state index is -4.55. The summed E-state index contributed by atoms with van der Waals surface area (Å²) in [5.41, 5.74) is -0.731. The van der Waals surface area contributed by atoms with Gasteiger partial charge in [-0.1, -0.05) is 27.5 Å². The number of carbonyl (C=O) groups is 1. The van der Waals surface area contributed by atoms with E-state index in [0.29, 0.717) is 15.4 Å². The number of aromatic nitrogens is 1. The monoisotopic (exact) mass is 458 g/mol. The van der Waals surface area contributed by atoms with Crippen molar-refractivity contribution in [2.75, 3.05) is 5.32 Å². The number of halogens is 5. The number of anilines is 1. The Kier molecular flexibility index (Phi) is 5.30. The first kappa shape index (κ1) is 19.4. The summed E-state index contributed by atoms with van der Waals surface area (Å²) in [5.74, 6) is -0.580. The van der Waals surface area contributed by atoms with Gasteiger partial charge in [-0.15, -0.1) is 0 Å². The van der Waals surface area contributed by atoms with Crippen molar-refractivity contribution in [3.8, 4) is 0 Å². The standard InChI is InChI=1S/C18H11BrClF3N2O2/c19-11-2-4-15-12(8-11)16(26)5-6-25(15)9-17(27)24-14-7-10(18(21,22)23)1-3-13(14)20/h1-8H,9H2,(H,24,27). The molecule has 0 aliphatic rings. The number of benzene rings is 2. The van der Waals surface area contributed by atoms with Crippen molar-refractivity contribution in [2.24, 2.45) is 0 Å². The summed E-state index contributed by atoms with van der Waals surface area (Å²) >= 11 is 9.17. The Morgan fingerprint density at radius 1 is 1.15 bits per heavy atom. The molecule has 1 amide bonds. The maximum atomic E-state index is 12.8. The van der Waals surface area contributed by atoms with Gasteiger partial charge < -0.3 is 9.88 Å². The molecule has 140 valence electrons. The number of alkyl halides is 3. The number of hydrogen-bond acceptors (Lipinski definition) is 2. The van der Waals surface area contributed by atoms with Crippen molar-refractivity contribution in [1.29, 1.82) is 0 Å². The fraction of sp³-hybridized carbons (Fsp3) is 0.111.